The molecule has 0 aliphatic rings. The summed E-state index contributed by atoms with van der Waals surface area (Å²) in [4.78, 5) is 28.1. The van der Waals surface area contributed by atoms with Crippen LogP contribution in [0.4, 0.5) is 10.8 Å². The smallest absolute Gasteiger partial charge is 0.300 e. The lowest BCUT2D eigenvalue weighted by atomic mass is 10.1. The summed E-state index contributed by atoms with van der Waals surface area (Å²) in [5.41, 5.74) is 2.58. The second-order valence-corrected chi connectivity index (χ2v) is 7.13. The van der Waals surface area contributed by atoms with Crippen LogP contribution in [-0.4, -0.2) is 25.6 Å². The number of thiazole rings is 1. The molecule has 8 nitrogen and oxygen atoms in total. The normalized spacial score (nSPS) is 10.6. The van der Waals surface area contributed by atoms with Crippen LogP contribution >= 0.6 is 11.3 Å². The Labute approximate surface area is 169 Å². The average Bonchev–Trinajstić information content (AvgIpc) is 3.37. The summed E-state index contributed by atoms with van der Waals surface area (Å²) in [7, 11) is 0. The molecular weight excluding hydrogens is 390 g/mol. The van der Waals surface area contributed by atoms with Crippen LogP contribution in [0, 0.1) is 10.1 Å². The van der Waals surface area contributed by atoms with Gasteiger partial charge in [0.05, 0.1) is 15.5 Å². The molecule has 4 aromatic rings. The van der Waals surface area contributed by atoms with Crippen molar-refractivity contribution >= 4 is 28.1 Å². The molecule has 0 radical (unpaired) electrons. The van der Waals surface area contributed by atoms with Crippen LogP contribution in [0.5, 0.6) is 0 Å². The van der Waals surface area contributed by atoms with Gasteiger partial charge in [0.1, 0.15) is 18.9 Å². The van der Waals surface area contributed by atoms with Crippen LogP contribution in [-0.2, 0) is 11.3 Å². The van der Waals surface area contributed by atoms with Crippen molar-refractivity contribution < 1.29 is 9.72 Å². The molecule has 0 atom stereocenters. The number of carbonyl (C=O) groups excluding carboxylic acids is 1. The monoisotopic (exact) mass is 405 g/mol. The lowest BCUT2D eigenvalue weighted by Gasteiger charge is -2.02. The Balaban J connectivity index is 1.60. The SMILES string of the molecule is O=C(Cn1cc([N+](=O)[O-])cn1)Nc1nc(-c2ccccc2)c(-c2ccccc2)s1. The molecule has 4 rings (SSSR count). The first kappa shape index (κ1) is 18.5. The van der Waals surface area contributed by atoms with E-state index in [2.05, 4.69) is 15.4 Å². The second kappa shape index (κ2) is 8.03. The molecule has 29 heavy (non-hydrogen) atoms. The van der Waals surface area contributed by atoms with Crippen molar-refractivity contribution in [3.05, 3.63) is 83.2 Å². The summed E-state index contributed by atoms with van der Waals surface area (Å²) in [5, 5.41) is 17.8. The Bertz CT molecular complexity index is 1100. The molecule has 2 aromatic heterocycles. The fourth-order valence-electron chi connectivity index (χ4n) is 2.79. The van der Waals surface area contributed by atoms with E-state index in [9.17, 15) is 14.9 Å². The van der Waals surface area contributed by atoms with Gasteiger partial charge in [0, 0.05) is 5.56 Å². The molecule has 2 aromatic carbocycles. The lowest BCUT2D eigenvalue weighted by molar-refractivity contribution is -0.385. The molecule has 0 unspecified atom stereocenters. The van der Waals surface area contributed by atoms with Crippen molar-refractivity contribution in [1.82, 2.24) is 14.8 Å². The first-order chi connectivity index (χ1) is 14.1. The van der Waals surface area contributed by atoms with Crippen molar-refractivity contribution in [2.24, 2.45) is 0 Å². The fraction of sp³-hybridized carbons (Fsp3) is 0.0500. The molecular formula is C20H15N5O3S. The predicted octanol–water partition coefficient (Wildman–Crippen LogP) is 4.22. The van der Waals surface area contributed by atoms with Crippen molar-refractivity contribution in [3.63, 3.8) is 0 Å². The van der Waals surface area contributed by atoms with Crippen LogP contribution < -0.4 is 5.32 Å². The molecule has 1 amide bonds. The third-order valence-electron chi connectivity index (χ3n) is 4.09. The number of carbonyl (C=O) groups is 1. The number of aromatic nitrogens is 3. The van der Waals surface area contributed by atoms with Gasteiger partial charge in [-0.3, -0.25) is 19.6 Å². The van der Waals surface area contributed by atoms with E-state index in [4.69, 9.17) is 0 Å². The van der Waals surface area contributed by atoms with Crippen LogP contribution in [0.3, 0.4) is 0 Å². The van der Waals surface area contributed by atoms with Crippen molar-refractivity contribution in [3.8, 4) is 21.7 Å². The van der Waals surface area contributed by atoms with E-state index in [-0.39, 0.29) is 18.1 Å². The number of nitrogens with one attached hydrogen (secondary N) is 1. The van der Waals surface area contributed by atoms with E-state index in [0.717, 1.165) is 27.9 Å². The highest BCUT2D eigenvalue weighted by atomic mass is 32.1. The van der Waals surface area contributed by atoms with Crippen molar-refractivity contribution in [2.45, 2.75) is 6.54 Å². The van der Waals surface area contributed by atoms with E-state index in [1.165, 1.54) is 22.2 Å². The molecule has 0 aliphatic carbocycles. The Morgan fingerprint density at radius 1 is 1.07 bits per heavy atom. The van der Waals surface area contributed by atoms with Gasteiger partial charge in [-0.2, -0.15) is 5.10 Å². The van der Waals surface area contributed by atoms with E-state index < -0.39 is 4.92 Å². The van der Waals surface area contributed by atoms with E-state index in [1.54, 1.807) is 0 Å². The fourth-order valence-corrected chi connectivity index (χ4v) is 3.80. The molecule has 0 bridgehead atoms. The molecule has 0 saturated heterocycles. The van der Waals surface area contributed by atoms with Crippen LogP contribution in [0.1, 0.15) is 0 Å². The van der Waals surface area contributed by atoms with E-state index in [0.29, 0.717) is 5.13 Å². The molecule has 9 heteroatoms. The van der Waals surface area contributed by atoms with Gasteiger partial charge in [0.25, 0.3) is 0 Å². The maximum Gasteiger partial charge on any atom is 0.307 e. The highest BCUT2D eigenvalue weighted by molar-refractivity contribution is 7.19. The molecule has 0 fully saturated rings. The number of nitro groups is 1. The zero-order valence-corrected chi connectivity index (χ0v) is 15.9. The maximum absolute atomic E-state index is 12.4. The second-order valence-electron chi connectivity index (χ2n) is 6.13. The summed E-state index contributed by atoms with van der Waals surface area (Å²) >= 11 is 1.38. The standard InChI is InChI=1S/C20H15N5O3S/c26-17(13-24-12-16(11-21-24)25(27)28)22-20-23-18(14-7-3-1-4-8-14)19(29-20)15-9-5-2-6-10-15/h1-12H,13H2,(H,22,23,26). The summed E-state index contributed by atoms with van der Waals surface area (Å²) in [6.45, 7) is -0.144. The van der Waals surface area contributed by atoms with Crippen LogP contribution in [0.2, 0.25) is 0 Å². The predicted molar refractivity (Wildman–Crippen MR) is 110 cm³/mol. The van der Waals surface area contributed by atoms with Gasteiger partial charge in [-0.25, -0.2) is 4.98 Å². The summed E-state index contributed by atoms with van der Waals surface area (Å²) < 4.78 is 1.22. The first-order valence-electron chi connectivity index (χ1n) is 8.68. The van der Waals surface area contributed by atoms with Gasteiger partial charge in [-0.15, -0.1) is 0 Å². The van der Waals surface area contributed by atoms with Crippen LogP contribution in [0.15, 0.2) is 73.1 Å². The minimum atomic E-state index is -0.555. The molecule has 144 valence electrons. The third-order valence-corrected chi connectivity index (χ3v) is 5.11. The Kier molecular flexibility index (Phi) is 5.12. The number of hydrogen-bond acceptors (Lipinski definition) is 6. The number of anilines is 1. The molecule has 0 aliphatic heterocycles. The molecule has 1 N–H and O–H groups in total. The number of amides is 1. The minimum absolute atomic E-state index is 0.144. The Morgan fingerprint density at radius 3 is 2.34 bits per heavy atom. The van der Waals surface area contributed by atoms with Crippen LogP contribution in [0.25, 0.3) is 21.7 Å². The zero-order chi connectivity index (χ0) is 20.2. The maximum atomic E-state index is 12.4. The topological polar surface area (TPSA) is 103 Å². The molecule has 0 saturated carbocycles. The number of nitrogens with zero attached hydrogens (tertiary/aromatic N) is 4. The molecule has 2 heterocycles. The highest BCUT2D eigenvalue weighted by Gasteiger charge is 2.17. The number of benzene rings is 2. The van der Waals surface area contributed by atoms with Crippen molar-refractivity contribution in [2.75, 3.05) is 5.32 Å². The largest absolute Gasteiger partial charge is 0.307 e. The first-order valence-corrected chi connectivity index (χ1v) is 9.50. The highest BCUT2D eigenvalue weighted by Crippen LogP contribution is 2.38. The average molecular weight is 405 g/mol. The van der Waals surface area contributed by atoms with Gasteiger partial charge >= 0.3 is 5.69 Å². The van der Waals surface area contributed by atoms with Gasteiger partial charge in [-0.1, -0.05) is 72.0 Å². The van der Waals surface area contributed by atoms with Gasteiger partial charge in [0.15, 0.2) is 5.13 Å². The lowest BCUT2D eigenvalue weighted by Crippen LogP contribution is -2.18. The Hall–Kier alpha value is -3.85. The van der Waals surface area contributed by atoms with Crippen molar-refractivity contribution in [1.29, 1.82) is 0 Å². The third kappa shape index (κ3) is 4.19. The summed E-state index contributed by atoms with van der Waals surface area (Å²) in [6, 6.07) is 19.6. The van der Waals surface area contributed by atoms with Gasteiger partial charge in [-0.05, 0) is 5.56 Å². The van der Waals surface area contributed by atoms with Gasteiger partial charge in [0.2, 0.25) is 5.91 Å². The van der Waals surface area contributed by atoms with Gasteiger partial charge < -0.3 is 5.32 Å². The quantitative estimate of drug-likeness (QED) is 0.382. The number of hydrogen-bond donors (Lipinski definition) is 1. The summed E-state index contributed by atoms with van der Waals surface area (Å²) in [6.07, 6.45) is 2.32. The number of rotatable bonds is 6. The zero-order valence-electron chi connectivity index (χ0n) is 15.1. The molecule has 0 spiro atoms. The minimum Gasteiger partial charge on any atom is -0.300 e. The van der Waals surface area contributed by atoms with E-state index >= 15 is 0 Å². The summed E-state index contributed by atoms with van der Waals surface area (Å²) in [5.74, 6) is -0.365. The Morgan fingerprint density at radius 2 is 1.72 bits per heavy atom. The van der Waals surface area contributed by atoms with E-state index in [1.807, 2.05) is 60.7 Å².